The molecule has 2 rings (SSSR count). The Labute approximate surface area is 140 Å². The molecule has 0 aliphatic carbocycles. The molecule has 0 atom stereocenters. The third-order valence-electron chi connectivity index (χ3n) is 3.47. The van der Waals surface area contributed by atoms with E-state index in [-0.39, 0.29) is 11.3 Å². The Kier molecular flexibility index (Phi) is 5.47. The number of carbonyl (C=O) groups is 1. The van der Waals surface area contributed by atoms with E-state index in [2.05, 4.69) is 0 Å². The monoisotopic (exact) mass is 328 g/mol. The van der Waals surface area contributed by atoms with Crippen LogP contribution in [0.1, 0.15) is 23.6 Å². The topological polar surface area (TPSA) is 76.0 Å². The maximum atomic E-state index is 11.8. The molecule has 0 unspecified atom stereocenters. The van der Waals surface area contributed by atoms with Gasteiger partial charge in [-0.3, -0.25) is 0 Å². The van der Waals surface area contributed by atoms with Gasteiger partial charge in [0.05, 0.1) is 19.3 Å². The second-order valence-electron chi connectivity index (χ2n) is 5.23. The molecule has 0 spiro atoms. The van der Waals surface area contributed by atoms with Crippen LogP contribution in [0.15, 0.2) is 36.4 Å². The third-order valence-corrected chi connectivity index (χ3v) is 3.47. The predicted molar refractivity (Wildman–Crippen MR) is 92.5 cm³/mol. The van der Waals surface area contributed by atoms with Gasteiger partial charge in [0.2, 0.25) is 0 Å². The van der Waals surface area contributed by atoms with Crippen LogP contribution in [-0.4, -0.2) is 29.9 Å². The van der Waals surface area contributed by atoms with E-state index >= 15 is 0 Å². The highest BCUT2D eigenvalue weighted by Gasteiger charge is 2.16. The lowest BCUT2D eigenvalue weighted by molar-refractivity contribution is -0.130. The number of phenols is 1. The molecule has 0 aliphatic heterocycles. The number of aliphatic carboxylic acids is 1. The molecule has 2 aromatic rings. The van der Waals surface area contributed by atoms with Crippen molar-refractivity contribution in [3.05, 3.63) is 53.1 Å². The minimum Gasteiger partial charge on any atom is -0.504 e. The van der Waals surface area contributed by atoms with Gasteiger partial charge in [0, 0.05) is 5.56 Å². The number of hydrogen-bond acceptors (Lipinski definition) is 4. The Morgan fingerprint density at radius 1 is 1.17 bits per heavy atom. The molecule has 24 heavy (non-hydrogen) atoms. The highest BCUT2D eigenvalue weighted by atomic mass is 16.5. The van der Waals surface area contributed by atoms with Gasteiger partial charge >= 0.3 is 5.97 Å². The van der Waals surface area contributed by atoms with Crippen LogP contribution in [0.2, 0.25) is 0 Å². The summed E-state index contributed by atoms with van der Waals surface area (Å²) in [6.07, 6.45) is 1.53. The smallest absolute Gasteiger partial charge is 0.336 e. The summed E-state index contributed by atoms with van der Waals surface area (Å²) in [4.78, 5) is 11.8. The van der Waals surface area contributed by atoms with Gasteiger partial charge < -0.3 is 19.7 Å². The lowest BCUT2D eigenvalue weighted by atomic mass is 9.99. The fraction of sp³-hybridized carbons (Fsp3) is 0.211. The molecule has 5 nitrogen and oxygen atoms in total. The molecular formula is C19H20O5. The van der Waals surface area contributed by atoms with Crippen molar-refractivity contribution in [3.63, 3.8) is 0 Å². The molecule has 0 aromatic heterocycles. The van der Waals surface area contributed by atoms with E-state index in [0.29, 0.717) is 29.2 Å². The van der Waals surface area contributed by atoms with Crippen molar-refractivity contribution in [2.24, 2.45) is 0 Å². The fourth-order valence-electron chi connectivity index (χ4n) is 2.35. The Morgan fingerprint density at radius 3 is 2.54 bits per heavy atom. The predicted octanol–water partition coefficient (Wildman–Crippen LogP) is 3.73. The molecule has 0 heterocycles. The number of carboxylic acids is 1. The van der Waals surface area contributed by atoms with Crippen LogP contribution < -0.4 is 9.47 Å². The summed E-state index contributed by atoms with van der Waals surface area (Å²) in [6.45, 7) is 4.09. The Balaban J connectivity index is 2.56. The second-order valence-corrected chi connectivity index (χ2v) is 5.23. The van der Waals surface area contributed by atoms with Crippen LogP contribution in [0.25, 0.3) is 11.6 Å². The van der Waals surface area contributed by atoms with Crippen LogP contribution in [0.5, 0.6) is 17.2 Å². The average molecular weight is 328 g/mol. The highest BCUT2D eigenvalue weighted by molar-refractivity contribution is 6.21. The van der Waals surface area contributed by atoms with Crippen molar-refractivity contribution in [1.82, 2.24) is 0 Å². The molecule has 0 saturated heterocycles. The summed E-state index contributed by atoms with van der Waals surface area (Å²) in [7, 11) is 1.50. The number of hydrogen-bond donors (Lipinski definition) is 2. The highest BCUT2D eigenvalue weighted by Crippen LogP contribution is 2.32. The van der Waals surface area contributed by atoms with Crippen LogP contribution in [0.3, 0.4) is 0 Å². The minimum absolute atomic E-state index is 0.0130. The first-order valence-electron chi connectivity index (χ1n) is 7.52. The number of rotatable bonds is 6. The normalized spacial score (nSPS) is 11.2. The number of aromatic hydroxyl groups is 1. The van der Waals surface area contributed by atoms with Crippen molar-refractivity contribution in [2.75, 3.05) is 13.7 Å². The first-order valence-corrected chi connectivity index (χ1v) is 7.52. The van der Waals surface area contributed by atoms with Crippen molar-refractivity contribution < 1.29 is 24.5 Å². The molecular weight excluding hydrogens is 308 g/mol. The molecule has 126 valence electrons. The number of phenolic OH excluding ortho intramolecular Hbond substituents is 1. The van der Waals surface area contributed by atoms with Gasteiger partial charge in [-0.2, -0.15) is 0 Å². The third kappa shape index (κ3) is 3.87. The summed E-state index contributed by atoms with van der Waals surface area (Å²) in [5.74, 6) is -0.255. The lowest BCUT2D eigenvalue weighted by Gasteiger charge is -2.11. The molecule has 2 N–H and O–H groups in total. The van der Waals surface area contributed by atoms with Crippen molar-refractivity contribution in [2.45, 2.75) is 13.8 Å². The van der Waals surface area contributed by atoms with Crippen LogP contribution in [0.4, 0.5) is 0 Å². The van der Waals surface area contributed by atoms with E-state index in [1.807, 2.05) is 19.9 Å². The van der Waals surface area contributed by atoms with Crippen LogP contribution >= 0.6 is 0 Å². The first-order chi connectivity index (χ1) is 11.5. The summed E-state index contributed by atoms with van der Waals surface area (Å²) in [6, 6.07) is 10.1. The molecule has 2 aromatic carbocycles. The SMILES string of the molecule is CCOc1cc(/C=C(\C(=O)O)c2cc(C)ccc2OC)ccc1O. The summed E-state index contributed by atoms with van der Waals surface area (Å²) < 4.78 is 10.6. The minimum atomic E-state index is -1.06. The summed E-state index contributed by atoms with van der Waals surface area (Å²) in [5.41, 5.74) is 2.13. The van der Waals surface area contributed by atoms with E-state index in [0.717, 1.165) is 5.56 Å². The van der Waals surface area contributed by atoms with Gasteiger partial charge in [0.15, 0.2) is 11.5 Å². The zero-order valence-corrected chi connectivity index (χ0v) is 13.9. The van der Waals surface area contributed by atoms with Crippen LogP contribution in [-0.2, 0) is 4.79 Å². The summed E-state index contributed by atoms with van der Waals surface area (Å²) in [5, 5.41) is 19.4. The zero-order valence-electron chi connectivity index (χ0n) is 13.9. The van der Waals surface area contributed by atoms with Gasteiger partial charge in [0.25, 0.3) is 0 Å². The lowest BCUT2D eigenvalue weighted by Crippen LogP contribution is -2.02. The number of aryl methyl sites for hydroxylation is 1. The zero-order chi connectivity index (χ0) is 17.7. The van der Waals surface area contributed by atoms with Gasteiger partial charge in [-0.25, -0.2) is 4.79 Å². The fourth-order valence-corrected chi connectivity index (χ4v) is 2.35. The number of methoxy groups -OCH3 is 1. The van der Waals surface area contributed by atoms with Gasteiger partial charge in [-0.15, -0.1) is 0 Å². The number of benzene rings is 2. The van der Waals surface area contributed by atoms with E-state index in [4.69, 9.17) is 9.47 Å². The number of carboxylic acid groups (broad SMARTS) is 1. The maximum absolute atomic E-state index is 11.8. The van der Waals surface area contributed by atoms with Crippen molar-refractivity contribution in [1.29, 1.82) is 0 Å². The molecule has 0 radical (unpaired) electrons. The summed E-state index contributed by atoms with van der Waals surface area (Å²) >= 11 is 0. The van der Waals surface area contributed by atoms with Gasteiger partial charge in [-0.05, 0) is 49.8 Å². The molecule has 0 saturated carbocycles. The van der Waals surface area contributed by atoms with Gasteiger partial charge in [-0.1, -0.05) is 17.7 Å². The standard InChI is InChI=1S/C19H20O5/c1-4-24-18-11-13(6-7-16(18)20)10-15(19(21)22)14-9-12(2)5-8-17(14)23-3/h5-11,20H,4H2,1-3H3,(H,21,22)/b15-10-. The average Bonchev–Trinajstić information content (AvgIpc) is 2.55. The second kappa shape index (κ2) is 7.55. The van der Waals surface area contributed by atoms with E-state index in [1.54, 1.807) is 24.3 Å². The van der Waals surface area contributed by atoms with Gasteiger partial charge in [0.1, 0.15) is 5.75 Å². The van der Waals surface area contributed by atoms with Crippen LogP contribution in [0, 0.1) is 6.92 Å². The molecule has 0 amide bonds. The Hall–Kier alpha value is -2.95. The van der Waals surface area contributed by atoms with E-state index < -0.39 is 5.97 Å². The Morgan fingerprint density at radius 2 is 1.92 bits per heavy atom. The molecule has 0 bridgehead atoms. The molecule has 5 heteroatoms. The quantitative estimate of drug-likeness (QED) is 0.624. The molecule has 0 aliphatic rings. The number of ether oxygens (including phenoxy) is 2. The Bertz CT molecular complexity index is 777. The first kappa shape index (κ1) is 17.4. The van der Waals surface area contributed by atoms with Crippen molar-refractivity contribution >= 4 is 17.6 Å². The van der Waals surface area contributed by atoms with E-state index in [9.17, 15) is 15.0 Å². The maximum Gasteiger partial charge on any atom is 0.336 e. The van der Waals surface area contributed by atoms with Crippen molar-refractivity contribution in [3.8, 4) is 17.2 Å². The molecule has 0 fully saturated rings. The largest absolute Gasteiger partial charge is 0.504 e. The van der Waals surface area contributed by atoms with E-state index in [1.165, 1.54) is 19.3 Å².